The summed E-state index contributed by atoms with van der Waals surface area (Å²) in [7, 11) is 1.69. The minimum atomic E-state index is -0.0841. The Kier molecular flexibility index (Phi) is 5.54. The molecule has 5 heteroatoms. The second-order valence-corrected chi connectivity index (χ2v) is 6.23. The first-order valence-electron chi connectivity index (χ1n) is 7.67. The van der Waals surface area contributed by atoms with E-state index in [9.17, 15) is 0 Å². The molecule has 3 atom stereocenters. The number of aromatic nitrogens is 2. The van der Waals surface area contributed by atoms with E-state index >= 15 is 0 Å². The van der Waals surface area contributed by atoms with Gasteiger partial charge in [-0.05, 0) is 43.7 Å². The van der Waals surface area contributed by atoms with Gasteiger partial charge in [0.1, 0.15) is 6.10 Å². The van der Waals surface area contributed by atoms with Crippen LogP contribution in [0.1, 0.15) is 51.4 Å². The van der Waals surface area contributed by atoms with E-state index in [2.05, 4.69) is 36.2 Å². The zero-order valence-electron chi connectivity index (χ0n) is 13.1. The van der Waals surface area contributed by atoms with Crippen LogP contribution in [0.4, 0.5) is 0 Å². The van der Waals surface area contributed by atoms with Gasteiger partial charge in [0, 0.05) is 13.5 Å². The van der Waals surface area contributed by atoms with Gasteiger partial charge in [0.15, 0.2) is 0 Å². The topological polar surface area (TPSA) is 60.2 Å². The highest BCUT2D eigenvalue weighted by Gasteiger charge is 2.25. The van der Waals surface area contributed by atoms with Crippen LogP contribution in [-0.2, 0) is 11.2 Å². The van der Waals surface area contributed by atoms with Crippen LogP contribution in [0.15, 0.2) is 4.52 Å². The molecule has 0 spiro atoms. The molecule has 0 aromatic carbocycles. The molecule has 0 saturated carbocycles. The van der Waals surface area contributed by atoms with Gasteiger partial charge >= 0.3 is 0 Å². The van der Waals surface area contributed by atoms with E-state index in [0.717, 1.165) is 25.4 Å². The van der Waals surface area contributed by atoms with Crippen molar-refractivity contribution in [2.75, 3.05) is 20.2 Å². The minimum Gasteiger partial charge on any atom is -0.373 e. The van der Waals surface area contributed by atoms with E-state index in [4.69, 9.17) is 9.26 Å². The monoisotopic (exact) mass is 281 g/mol. The molecule has 1 fully saturated rings. The highest BCUT2D eigenvalue weighted by molar-refractivity contribution is 4.94. The van der Waals surface area contributed by atoms with E-state index in [1.54, 1.807) is 7.11 Å². The average molecular weight is 281 g/mol. The van der Waals surface area contributed by atoms with Crippen molar-refractivity contribution in [2.24, 2.45) is 17.8 Å². The number of hydrogen-bond donors (Lipinski definition) is 1. The summed E-state index contributed by atoms with van der Waals surface area (Å²) in [6, 6.07) is 0. The highest BCUT2D eigenvalue weighted by Crippen LogP contribution is 2.25. The first-order valence-corrected chi connectivity index (χ1v) is 7.67. The van der Waals surface area contributed by atoms with E-state index in [0.29, 0.717) is 23.6 Å². The van der Waals surface area contributed by atoms with Gasteiger partial charge in [0.05, 0.1) is 0 Å². The number of nitrogens with one attached hydrogen (secondary N) is 1. The van der Waals surface area contributed by atoms with Gasteiger partial charge in [-0.25, -0.2) is 0 Å². The molecule has 3 unspecified atom stereocenters. The second-order valence-electron chi connectivity index (χ2n) is 6.23. The molecule has 1 aliphatic rings. The molecule has 2 rings (SSSR count). The maximum absolute atomic E-state index is 5.44. The molecular weight excluding hydrogens is 254 g/mol. The molecule has 2 heterocycles. The van der Waals surface area contributed by atoms with Crippen LogP contribution in [0.2, 0.25) is 0 Å². The van der Waals surface area contributed by atoms with Crippen LogP contribution in [0, 0.1) is 17.8 Å². The fraction of sp³-hybridized carbons (Fsp3) is 0.867. The number of rotatable bonds is 6. The Bertz CT molecular complexity index is 400. The maximum Gasteiger partial charge on any atom is 0.227 e. The number of hydrogen-bond acceptors (Lipinski definition) is 5. The number of ether oxygens (including phenoxy) is 1. The van der Waals surface area contributed by atoms with Crippen molar-refractivity contribution in [2.45, 2.75) is 46.1 Å². The van der Waals surface area contributed by atoms with Gasteiger partial charge in [-0.3, -0.25) is 0 Å². The Hall–Kier alpha value is -0.940. The van der Waals surface area contributed by atoms with Gasteiger partial charge in [-0.1, -0.05) is 25.9 Å². The summed E-state index contributed by atoms with van der Waals surface area (Å²) in [6.45, 7) is 8.73. The molecule has 1 aromatic heterocycles. The molecule has 5 nitrogen and oxygen atoms in total. The Labute approximate surface area is 121 Å². The highest BCUT2D eigenvalue weighted by atomic mass is 16.5. The molecule has 1 N–H and O–H groups in total. The summed E-state index contributed by atoms with van der Waals surface area (Å²) in [5.41, 5.74) is 0. The third-order valence-corrected chi connectivity index (χ3v) is 4.23. The zero-order chi connectivity index (χ0) is 14.5. The normalized spacial score (nSPS) is 22.9. The molecule has 1 saturated heterocycles. The second kappa shape index (κ2) is 7.18. The van der Waals surface area contributed by atoms with Crippen molar-refractivity contribution >= 4 is 0 Å². The van der Waals surface area contributed by atoms with Crippen LogP contribution in [0.3, 0.4) is 0 Å². The smallest absolute Gasteiger partial charge is 0.227 e. The molecular formula is C15H27N3O2. The van der Waals surface area contributed by atoms with Crippen molar-refractivity contribution in [3.63, 3.8) is 0 Å². The lowest BCUT2D eigenvalue weighted by atomic mass is 9.85. The maximum atomic E-state index is 5.44. The third kappa shape index (κ3) is 3.79. The molecule has 0 radical (unpaired) electrons. The van der Waals surface area contributed by atoms with Crippen molar-refractivity contribution < 1.29 is 9.26 Å². The fourth-order valence-electron chi connectivity index (χ4n) is 2.95. The summed E-state index contributed by atoms with van der Waals surface area (Å²) in [6.07, 6.45) is 3.33. The largest absolute Gasteiger partial charge is 0.373 e. The van der Waals surface area contributed by atoms with E-state index in [1.165, 1.54) is 12.8 Å². The lowest BCUT2D eigenvalue weighted by Gasteiger charge is -2.27. The van der Waals surface area contributed by atoms with Crippen molar-refractivity contribution in [1.29, 1.82) is 0 Å². The lowest BCUT2D eigenvalue weighted by Crippen LogP contribution is -2.33. The van der Waals surface area contributed by atoms with Crippen LogP contribution in [0.5, 0.6) is 0 Å². The van der Waals surface area contributed by atoms with E-state index < -0.39 is 0 Å². The first kappa shape index (κ1) is 15.4. The Morgan fingerprint density at radius 1 is 1.40 bits per heavy atom. The summed E-state index contributed by atoms with van der Waals surface area (Å²) >= 11 is 0. The van der Waals surface area contributed by atoms with Crippen LogP contribution < -0.4 is 5.32 Å². The van der Waals surface area contributed by atoms with Crippen molar-refractivity contribution in [3.8, 4) is 0 Å². The fourth-order valence-corrected chi connectivity index (χ4v) is 2.95. The Balaban J connectivity index is 1.94. The SMILES string of the molecule is COC(c1noc(CC(C)C2CCCNC2)n1)C(C)C. The Morgan fingerprint density at radius 3 is 2.80 bits per heavy atom. The zero-order valence-corrected chi connectivity index (χ0v) is 13.1. The van der Waals surface area contributed by atoms with Crippen LogP contribution in [-0.4, -0.2) is 30.3 Å². The Morgan fingerprint density at radius 2 is 2.20 bits per heavy atom. The molecule has 1 aromatic rings. The molecule has 0 aliphatic carbocycles. The average Bonchev–Trinajstić information content (AvgIpc) is 2.88. The summed E-state index contributed by atoms with van der Waals surface area (Å²) < 4.78 is 10.8. The quantitative estimate of drug-likeness (QED) is 0.868. The number of nitrogens with zero attached hydrogens (tertiary/aromatic N) is 2. The van der Waals surface area contributed by atoms with Gasteiger partial charge in [-0.15, -0.1) is 0 Å². The van der Waals surface area contributed by atoms with Gasteiger partial charge in [0.25, 0.3) is 0 Å². The summed E-state index contributed by atoms with van der Waals surface area (Å²) in [5.74, 6) is 3.02. The number of methoxy groups -OCH3 is 1. The van der Waals surface area contributed by atoms with Gasteiger partial charge in [0.2, 0.25) is 11.7 Å². The predicted molar refractivity (Wildman–Crippen MR) is 77.3 cm³/mol. The minimum absolute atomic E-state index is 0.0841. The standard InChI is InChI=1S/C15H27N3O2/c1-10(2)14(19-4)15-17-13(20-18-15)8-11(3)12-6-5-7-16-9-12/h10-12,14,16H,5-9H2,1-4H3. The van der Waals surface area contributed by atoms with Gasteiger partial charge in [-0.2, -0.15) is 4.98 Å². The van der Waals surface area contributed by atoms with Crippen LogP contribution in [0.25, 0.3) is 0 Å². The first-order chi connectivity index (χ1) is 9.61. The third-order valence-electron chi connectivity index (χ3n) is 4.23. The summed E-state index contributed by atoms with van der Waals surface area (Å²) in [5, 5.41) is 7.54. The van der Waals surface area contributed by atoms with Crippen LogP contribution >= 0.6 is 0 Å². The molecule has 0 bridgehead atoms. The predicted octanol–water partition coefficient (Wildman–Crippen LogP) is 2.59. The molecule has 20 heavy (non-hydrogen) atoms. The molecule has 1 aliphatic heterocycles. The summed E-state index contributed by atoms with van der Waals surface area (Å²) in [4.78, 5) is 4.51. The lowest BCUT2D eigenvalue weighted by molar-refractivity contribution is 0.0555. The van der Waals surface area contributed by atoms with Gasteiger partial charge < -0.3 is 14.6 Å². The van der Waals surface area contributed by atoms with Crippen molar-refractivity contribution in [1.82, 2.24) is 15.5 Å². The van der Waals surface area contributed by atoms with Crippen molar-refractivity contribution in [3.05, 3.63) is 11.7 Å². The number of piperidine rings is 1. The van der Waals surface area contributed by atoms with E-state index in [1.807, 2.05) is 0 Å². The molecule has 114 valence electrons. The van der Waals surface area contributed by atoms with E-state index in [-0.39, 0.29) is 6.10 Å². The molecule has 0 amide bonds.